The first-order chi connectivity index (χ1) is 11.3. The topological polar surface area (TPSA) is 41.6 Å². The van der Waals surface area contributed by atoms with Gasteiger partial charge in [-0.25, -0.2) is 0 Å². The Morgan fingerprint density at radius 3 is 2.70 bits per heavy atom. The molecule has 1 unspecified atom stereocenters. The maximum absolute atomic E-state index is 11.6. The first-order valence-corrected chi connectivity index (χ1v) is 7.95. The SMILES string of the molecule is COC(=O)CCC1c2ccccc2NCN1Cc1ccccc1. The van der Waals surface area contributed by atoms with Gasteiger partial charge in [0.1, 0.15) is 0 Å². The third-order valence-electron chi connectivity index (χ3n) is 4.31. The van der Waals surface area contributed by atoms with Crippen LogP contribution in [-0.2, 0) is 16.1 Å². The van der Waals surface area contributed by atoms with Gasteiger partial charge in [0.25, 0.3) is 0 Å². The van der Waals surface area contributed by atoms with Gasteiger partial charge in [0.15, 0.2) is 0 Å². The molecule has 1 aliphatic rings. The van der Waals surface area contributed by atoms with E-state index in [4.69, 9.17) is 4.74 Å². The maximum atomic E-state index is 11.6. The number of nitrogens with one attached hydrogen (secondary N) is 1. The zero-order valence-corrected chi connectivity index (χ0v) is 13.4. The van der Waals surface area contributed by atoms with E-state index in [1.807, 2.05) is 12.1 Å². The van der Waals surface area contributed by atoms with Gasteiger partial charge in [-0.3, -0.25) is 9.69 Å². The summed E-state index contributed by atoms with van der Waals surface area (Å²) >= 11 is 0. The Balaban J connectivity index is 1.81. The quantitative estimate of drug-likeness (QED) is 0.857. The lowest BCUT2D eigenvalue weighted by Crippen LogP contribution is -2.37. The highest BCUT2D eigenvalue weighted by molar-refractivity contribution is 5.69. The fraction of sp³-hybridized carbons (Fsp3) is 0.316. The molecule has 23 heavy (non-hydrogen) atoms. The molecule has 4 nitrogen and oxygen atoms in total. The first-order valence-electron chi connectivity index (χ1n) is 7.95. The lowest BCUT2D eigenvalue weighted by atomic mass is 9.96. The summed E-state index contributed by atoms with van der Waals surface area (Å²) in [6.07, 6.45) is 1.19. The Bertz CT molecular complexity index is 657. The summed E-state index contributed by atoms with van der Waals surface area (Å²) in [6.45, 7) is 1.63. The molecule has 2 aromatic rings. The Hall–Kier alpha value is -2.33. The standard InChI is InChI=1S/C19H22N2O2/c1-23-19(22)12-11-18-16-9-5-6-10-17(16)20-14-21(18)13-15-7-3-2-4-8-15/h2-10,18,20H,11-14H2,1H3. The lowest BCUT2D eigenvalue weighted by Gasteiger charge is -2.38. The van der Waals surface area contributed by atoms with Crippen molar-refractivity contribution in [1.82, 2.24) is 4.90 Å². The van der Waals surface area contributed by atoms with E-state index < -0.39 is 0 Å². The van der Waals surface area contributed by atoms with Gasteiger partial charge in [-0.05, 0) is 23.6 Å². The Morgan fingerprint density at radius 1 is 1.17 bits per heavy atom. The highest BCUT2D eigenvalue weighted by Crippen LogP contribution is 2.35. The molecule has 0 amide bonds. The van der Waals surface area contributed by atoms with Crippen LogP contribution < -0.4 is 5.32 Å². The number of ether oxygens (including phenoxy) is 1. The second-order valence-electron chi connectivity index (χ2n) is 5.79. The van der Waals surface area contributed by atoms with E-state index in [2.05, 4.69) is 52.7 Å². The van der Waals surface area contributed by atoms with E-state index in [0.29, 0.717) is 6.42 Å². The van der Waals surface area contributed by atoms with Crippen LogP contribution in [0.15, 0.2) is 54.6 Å². The highest BCUT2D eigenvalue weighted by atomic mass is 16.5. The third kappa shape index (κ3) is 3.71. The van der Waals surface area contributed by atoms with Crippen LogP contribution in [0.1, 0.15) is 30.0 Å². The minimum Gasteiger partial charge on any atom is -0.469 e. The van der Waals surface area contributed by atoms with Gasteiger partial charge in [0, 0.05) is 24.7 Å². The largest absolute Gasteiger partial charge is 0.469 e. The summed E-state index contributed by atoms with van der Waals surface area (Å²) in [5.74, 6) is -0.152. The number of para-hydroxylation sites is 1. The van der Waals surface area contributed by atoms with Crippen molar-refractivity contribution in [3.8, 4) is 0 Å². The van der Waals surface area contributed by atoms with Crippen LogP contribution in [0.4, 0.5) is 5.69 Å². The van der Waals surface area contributed by atoms with E-state index in [-0.39, 0.29) is 12.0 Å². The van der Waals surface area contributed by atoms with E-state index in [1.54, 1.807) is 0 Å². The van der Waals surface area contributed by atoms with Crippen LogP contribution in [0.25, 0.3) is 0 Å². The summed E-state index contributed by atoms with van der Waals surface area (Å²) in [4.78, 5) is 14.0. The highest BCUT2D eigenvalue weighted by Gasteiger charge is 2.27. The molecule has 0 fully saturated rings. The molecule has 120 valence electrons. The zero-order chi connectivity index (χ0) is 16.1. The lowest BCUT2D eigenvalue weighted by molar-refractivity contribution is -0.141. The van der Waals surface area contributed by atoms with Crippen molar-refractivity contribution in [2.75, 3.05) is 19.1 Å². The number of esters is 1. The number of carbonyl (C=O) groups excluding carboxylic acids is 1. The van der Waals surface area contributed by atoms with E-state index in [0.717, 1.165) is 25.3 Å². The Labute approximate surface area is 137 Å². The summed E-state index contributed by atoms with van der Waals surface area (Å²) in [6, 6.07) is 19.0. The molecule has 2 aromatic carbocycles. The van der Waals surface area contributed by atoms with Gasteiger partial charge in [-0.15, -0.1) is 0 Å². The van der Waals surface area contributed by atoms with Crippen molar-refractivity contribution in [2.24, 2.45) is 0 Å². The first kappa shape index (κ1) is 15.6. The third-order valence-corrected chi connectivity index (χ3v) is 4.31. The average molecular weight is 310 g/mol. The molecular formula is C19H22N2O2. The summed E-state index contributed by atoms with van der Waals surface area (Å²) in [7, 11) is 1.44. The smallest absolute Gasteiger partial charge is 0.305 e. The number of fused-ring (bicyclic) bond motifs is 1. The molecule has 1 aliphatic heterocycles. The van der Waals surface area contributed by atoms with E-state index in [9.17, 15) is 4.79 Å². The molecule has 4 heteroatoms. The van der Waals surface area contributed by atoms with Gasteiger partial charge < -0.3 is 10.1 Å². The molecular weight excluding hydrogens is 288 g/mol. The number of benzene rings is 2. The monoisotopic (exact) mass is 310 g/mol. The van der Waals surface area contributed by atoms with Crippen LogP contribution in [0.5, 0.6) is 0 Å². The molecule has 0 aromatic heterocycles. The Morgan fingerprint density at radius 2 is 1.91 bits per heavy atom. The van der Waals surface area contributed by atoms with Crippen LogP contribution >= 0.6 is 0 Å². The normalized spacial score (nSPS) is 17.2. The molecule has 0 aliphatic carbocycles. The number of rotatable bonds is 5. The predicted octanol–water partition coefficient (Wildman–Crippen LogP) is 3.57. The van der Waals surface area contributed by atoms with E-state index in [1.165, 1.54) is 18.2 Å². The molecule has 0 bridgehead atoms. The Kier molecular flexibility index (Phi) is 4.93. The fourth-order valence-electron chi connectivity index (χ4n) is 3.12. The van der Waals surface area contributed by atoms with Crippen LogP contribution in [0.2, 0.25) is 0 Å². The van der Waals surface area contributed by atoms with Gasteiger partial charge in [0.2, 0.25) is 0 Å². The number of hydrogen-bond donors (Lipinski definition) is 1. The minimum absolute atomic E-state index is 0.152. The number of anilines is 1. The second kappa shape index (κ2) is 7.29. The fourth-order valence-corrected chi connectivity index (χ4v) is 3.12. The average Bonchev–Trinajstić information content (AvgIpc) is 2.61. The van der Waals surface area contributed by atoms with Gasteiger partial charge >= 0.3 is 5.97 Å². The van der Waals surface area contributed by atoms with Crippen LogP contribution in [0.3, 0.4) is 0 Å². The van der Waals surface area contributed by atoms with E-state index >= 15 is 0 Å². The zero-order valence-electron chi connectivity index (χ0n) is 13.4. The number of carbonyl (C=O) groups is 1. The van der Waals surface area contributed by atoms with Crippen molar-refractivity contribution in [3.63, 3.8) is 0 Å². The van der Waals surface area contributed by atoms with Crippen molar-refractivity contribution in [1.29, 1.82) is 0 Å². The summed E-state index contributed by atoms with van der Waals surface area (Å²) in [5.41, 5.74) is 3.68. The molecule has 1 atom stereocenters. The molecule has 1 N–H and O–H groups in total. The number of nitrogens with zero attached hydrogens (tertiary/aromatic N) is 1. The maximum Gasteiger partial charge on any atom is 0.305 e. The number of methoxy groups -OCH3 is 1. The summed E-state index contributed by atoms with van der Waals surface area (Å²) < 4.78 is 4.81. The molecule has 3 rings (SSSR count). The predicted molar refractivity (Wildman–Crippen MR) is 90.9 cm³/mol. The van der Waals surface area contributed by atoms with Gasteiger partial charge in [0.05, 0.1) is 13.8 Å². The number of hydrogen-bond acceptors (Lipinski definition) is 4. The second-order valence-corrected chi connectivity index (χ2v) is 5.79. The molecule has 0 radical (unpaired) electrons. The minimum atomic E-state index is -0.152. The molecule has 0 spiro atoms. The van der Waals surface area contributed by atoms with Crippen molar-refractivity contribution >= 4 is 11.7 Å². The summed E-state index contributed by atoms with van der Waals surface area (Å²) in [5, 5.41) is 3.47. The van der Waals surface area contributed by atoms with Crippen molar-refractivity contribution < 1.29 is 9.53 Å². The van der Waals surface area contributed by atoms with Crippen LogP contribution in [0, 0.1) is 0 Å². The van der Waals surface area contributed by atoms with Crippen molar-refractivity contribution in [3.05, 3.63) is 65.7 Å². The molecule has 0 saturated heterocycles. The molecule has 0 saturated carbocycles. The van der Waals surface area contributed by atoms with Gasteiger partial charge in [-0.2, -0.15) is 0 Å². The molecule has 1 heterocycles. The van der Waals surface area contributed by atoms with Crippen molar-refractivity contribution in [2.45, 2.75) is 25.4 Å². The van der Waals surface area contributed by atoms with Gasteiger partial charge in [-0.1, -0.05) is 48.5 Å². The van der Waals surface area contributed by atoms with Crippen LogP contribution in [-0.4, -0.2) is 24.6 Å².